The van der Waals surface area contributed by atoms with Crippen molar-refractivity contribution in [1.29, 1.82) is 0 Å². The molecule has 1 aromatic carbocycles. The van der Waals surface area contributed by atoms with Gasteiger partial charge in [0, 0.05) is 17.4 Å². The molecule has 0 aliphatic carbocycles. The van der Waals surface area contributed by atoms with Crippen LogP contribution in [0.1, 0.15) is 26.5 Å². The number of nitrogens with two attached hydrogens (primary N) is 1. The maximum absolute atomic E-state index is 11.1. The van der Waals surface area contributed by atoms with Gasteiger partial charge in [0.25, 0.3) is 0 Å². The highest BCUT2D eigenvalue weighted by atomic mass is 32.1. The third kappa shape index (κ3) is 4.29. The Labute approximate surface area is 129 Å². The normalized spacial score (nSPS) is 12.9. The van der Waals surface area contributed by atoms with Crippen LogP contribution >= 0.6 is 11.3 Å². The summed E-state index contributed by atoms with van der Waals surface area (Å²) in [5, 5.41) is 2.98. The molecule has 1 aromatic heterocycles. The zero-order chi connectivity index (χ0) is 15.5. The van der Waals surface area contributed by atoms with Crippen molar-refractivity contribution in [2.45, 2.75) is 33.3 Å². The summed E-state index contributed by atoms with van der Waals surface area (Å²) in [7, 11) is 0. The number of hydrogen-bond acceptors (Lipinski definition) is 4. The molecular weight excluding hydrogens is 284 g/mol. The van der Waals surface area contributed by atoms with Gasteiger partial charge in [-0.3, -0.25) is 0 Å². The first-order valence-corrected chi connectivity index (χ1v) is 7.70. The molecule has 0 saturated heterocycles. The summed E-state index contributed by atoms with van der Waals surface area (Å²) in [4.78, 5) is 15.7. The lowest BCUT2D eigenvalue weighted by Gasteiger charge is -2.29. The molecule has 1 unspecified atom stereocenters. The smallest absolute Gasteiger partial charge is 0.404 e. The van der Waals surface area contributed by atoms with Crippen molar-refractivity contribution in [1.82, 2.24) is 4.98 Å². The fourth-order valence-electron chi connectivity index (χ4n) is 1.97. The van der Waals surface area contributed by atoms with Crippen molar-refractivity contribution in [3.63, 3.8) is 0 Å². The van der Waals surface area contributed by atoms with Crippen LogP contribution in [0.5, 0.6) is 0 Å². The fourth-order valence-corrected chi connectivity index (χ4v) is 2.81. The Hall–Kier alpha value is -1.88. The van der Waals surface area contributed by atoms with Crippen LogP contribution in [-0.4, -0.2) is 17.2 Å². The molecule has 5 heteroatoms. The minimum atomic E-state index is -0.742. The van der Waals surface area contributed by atoms with Gasteiger partial charge < -0.3 is 10.5 Å². The second-order valence-corrected chi connectivity index (χ2v) is 6.86. The maximum Gasteiger partial charge on any atom is 0.404 e. The number of thiazole rings is 1. The van der Waals surface area contributed by atoms with Gasteiger partial charge in [-0.15, -0.1) is 11.3 Å². The average Bonchev–Trinajstić information content (AvgIpc) is 2.86. The Morgan fingerprint density at radius 1 is 1.33 bits per heavy atom. The minimum absolute atomic E-state index is 0.189. The zero-order valence-corrected chi connectivity index (χ0v) is 13.3. The van der Waals surface area contributed by atoms with Crippen molar-refractivity contribution < 1.29 is 9.53 Å². The number of hydrogen-bond donors (Lipinski definition) is 1. The van der Waals surface area contributed by atoms with Gasteiger partial charge in [0.05, 0.1) is 5.69 Å². The summed E-state index contributed by atoms with van der Waals surface area (Å²) in [5.74, 6) is 0. The lowest BCUT2D eigenvalue weighted by molar-refractivity contribution is 0.0369. The first kappa shape index (κ1) is 15.5. The number of aromatic nitrogens is 1. The van der Waals surface area contributed by atoms with Gasteiger partial charge in [-0.25, -0.2) is 9.78 Å². The quantitative estimate of drug-likeness (QED) is 0.932. The Balaban J connectivity index is 2.15. The molecule has 0 spiro atoms. The Kier molecular flexibility index (Phi) is 4.63. The second kappa shape index (κ2) is 6.26. The Morgan fingerprint density at radius 2 is 2.00 bits per heavy atom. The van der Waals surface area contributed by atoms with E-state index in [1.807, 2.05) is 56.5 Å². The Morgan fingerprint density at radius 3 is 2.57 bits per heavy atom. The molecule has 0 bridgehead atoms. The molecule has 0 aliphatic heterocycles. The molecule has 1 atom stereocenters. The van der Waals surface area contributed by atoms with E-state index in [0.717, 1.165) is 16.3 Å². The van der Waals surface area contributed by atoms with Crippen LogP contribution in [0.25, 0.3) is 10.6 Å². The van der Waals surface area contributed by atoms with Crippen LogP contribution in [0.4, 0.5) is 4.79 Å². The molecule has 2 N–H and O–H groups in total. The van der Waals surface area contributed by atoms with Crippen LogP contribution in [0, 0.1) is 5.41 Å². The summed E-state index contributed by atoms with van der Waals surface area (Å²) < 4.78 is 5.24. The van der Waals surface area contributed by atoms with Gasteiger partial charge in [0.15, 0.2) is 0 Å². The number of carbonyl (C=O) groups excluding carboxylic acids is 1. The number of rotatable bonds is 4. The highest BCUT2D eigenvalue weighted by Gasteiger charge is 2.28. The zero-order valence-electron chi connectivity index (χ0n) is 12.5. The largest absolute Gasteiger partial charge is 0.445 e. The number of amides is 1. The van der Waals surface area contributed by atoms with E-state index in [2.05, 4.69) is 4.98 Å². The first-order valence-electron chi connectivity index (χ1n) is 6.82. The van der Waals surface area contributed by atoms with Gasteiger partial charge in [0.2, 0.25) is 0 Å². The van der Waals surface area contributed by atoms with E-state index < -0.39 is 6.09 Å². The molecule has 1 heterocycles. The molecule has 2 aromatic rings. The molecule has 1 amide bonds. The molecule has 4 nitrogen and oxygen atoms in total. The van der Waals surface area contributed by atoms with E-state index in [1.165, 1.54) is 0 Å². The van der Waals surface area contributed by atoms with Gasteiger partial charge in [0.1, 0.15) is 11.1 Å². The number of nitrogens with zero attached hydrogens (tertiary/aromatic N) is 1. The van der Waals surface area contributed by atoms with Crippen LogP contribution in [-0.2, 0) is 11.2 Å². The summed E-state index contributed by atoms with van der Waals surface area (Å²) in [6.07, 6.45) is -0.468. The standard InChI is InChI=1S/C16H20N2O2S/c1-16(2,3)13(20-15(17)19)9-12-10-21-14(18-12)11-7-5-4-6-8-11/h4-8,10,13H,9H2,1-3H3,(H2,17,19). The molecular formula is C16H20N2O2S. The fraction of sp³-hybridized carbons (Fsp3) is 0.375. The van der Waals surface area contributed by atoms with E-state index in [4.69, 9.17) is 10.5 Å². The summed E-state index contributed by atoms with van der Waals surface area (Å²) in [5.41, 5.74) is 6.98. The number of ether oxygens (including phenoxy) is 1. The predicted octanol–water partition coefficient (Wildman–Crippen LogP) is 3.86. The van der Waals surface area contributed by atoms with Gasteiger partial charge in [-0.1, -0.05) is 51.1 Å². The molecule has 2 rings (SSSR count). The highest BCUT2D eigenvalue weighted by molar-refractivity contribution is 7.13. The summed E-state index contributed by atoms with van der Waals surface area (Å²) >= 11 is 1.59. The van der Waals surface area contributed by atoms with Crippen molar-refractivity contribution in [2.75, 3.05) is 0 Å². The van der Waals surface area contributed by atoms with Gasteiger partial charge in [-0.05, 0) is 5.41 Å². The average molecular weight is 304 g/mol. The van der Waals surface area contributed by atoms with Crippen LogP contribution in [0.2, 0.25) is 0 Å². The molecule has 21 heavy (non-hydrogen) atoms. The van der Waals surface area contributed by atoms with Crippen LogP contribution in [0.15, 0.2) is 35.7 Å². The molecule has 112 valence electrons. The lowest BCUT2D eigenvalue weighted by atomic mass is 9.86. The van der Waals surface area contributed by atoms with Crippen molar-refractivity contribution >= 4 is 17.4 Å². The molecule has 0 saturated carbocycles. The third-order valence-corrected chi connectivity index (χ3v) is 4.13. The van der Waals surface area contributed by atoms with Crippen LogP contribution < -0.4 is 5.73 Å². The van der Waals surface area contributed by atoms with E-state index in [-0.39, 0.29) is 11.5 Å². The van der Waals surface area contributed by atoms with E-state index in [1.54, 1.807) is 11.3 Å². The number of primary amides is 1. The number of carbonyl (C=O) groups is 1. The molecule has 0 radical (unpaired) electrons. The monoisotopic (exact) mass is 304 g/mol. The highest BCUT2D eigenvalue weighted by Crippen LogP contribution is 2.28. The molecule has 0 aliphatic rings. The van der Waals surface area contributed by atoms with E-state index in [9.17, 15) is 4.79 Å². The lowest BCUT2D eigenvalue weighted by Crippen LogP contribution is -2.35. The second-order valence-electron chi connectivity index (χ2n) is 6.01. The third-order valence-electron chi connectivity index (χ3n) is 3.19. The van der Waals surface area contributed by atoms with Crippen molar-refractivity contribution in [3.05, 3.63) is 41.4 Å². The summed E-state index contributed by atoms with van der Waals surface area (Å²) in [6, 6.07) is 10.0. The maximum atomic E-state index is 11.1. The van der Waals surface area contributed by atoms with Crippen LogP contribution in [0.3, 0.4) is 0 Å². The van der Waals surface area contributed by atoms with Gasteiger partial charge in [-0.2, -0.15) is 0 Å². The first-order chi connectivity index (χ1) is 9.86. The van der Waals surface area contributed by atoms with E-state index in [0.29, 0.717) is 6.42 Å². The molecule has 0 fully saturated rings. The van der Waals surface area contributed by atoms with Crippen molar-refractivity contribution in [3.8, 4) is 10.6 Å². The van der Waals surface area contributed by atoms with E-state index >= 15 is 0 Å². The van der Waals surface area contributed by atoms with Crippen molar-refractivity contribution in [2.24, 2.45) is 11.1 Å². The van der Waals surface area contributed by atoms with Gasteiger partial charge >= 0.3 is 6.09 Å². The number of benzene rings is 1. The Bertz CT molecular complexity index is 602. The minimum Gasteiger partial charge on any atom is -0.445 e. The topological polar surface area (TPSA) is 65.2 Å². The summed E-state index contributed by atoms with van der Waals surface area (Å²) in [6.45, 7) is 6.06. The predicted molar refractivity (Wildman–Crippen MR) is 85.2 cm³/mol. The SMILES string of the molecule is CC(C)(C)C(Cc1csc(-c2ccccc2)n1)OC(N)=O.